The smallest absolute Gasteiger partial charge is 0.257 e. The maximum Gasteiger partial charge on any atom is 0.257 e. The van der Waals surface area contributed by atoms with Crippen LogP contribution in [0.2, 0.25) is 5.02 Å². The Hall–Kier alpha value is -2.92. The molecule has 1 aliphatic heterocycles. The van der Waals surface area contributed by atoms with Crippen molar-refractivity contribution < 1.29 is 4.79 Å². The highest BCUT2D eigenvalue weighted by Crippen LogP contribution is 2.27. The second kappa shape index (κ2) is 7.84. The molecule has 29 heavy (non-hydrogen) atoms. The number of hydrogen-bond donors (Lipinski definition) is 0. The Kier molecular flexibility index (Phi) is 5.24. The van der Waals surface area contributed by atoms with Gasteiger partial charge in [0.1, 0.15) is 12.4 Å². The van der Waals surface area contributed by atoms with Gasteiger partial charge in [0.25, 0.3) is 5.56 Å². The number of anilines is 1. The predicted octanol–water partition coefficient (Wildman–Crippen LogP) is 4.16. The van der Waals surface area contributed by atoms with Gasteiger partial charge in [-0.25, -0.2) is 4.98 Å². The summed E-state index contributed by atoms with van der Waals surface area (Å²) in [6.45, 7) is 4.12. The van der Waals surface area contributed by atoms with E-state index < -0.39 is 0 Å². The van der Waals surface area contributed by atoms with E-state index in [2.05, 4.69) is 11.1 Å². The van der Waals surface area contributed by atoms with Crippen molar-refractivity contribution in [3.05, 3.63) is 80.7 Å². The number of para-hydroxylation sites is 1. The van der Waals surface area contributed by atoms with Crippen LogP contribution in [0.5, 0.6) is 0 Å². The van der Waals surface area contributed by atoms with Crippen LogP contribution in [0.15, 0.2) is 53.3 Å². The summed E-state index contributed by atoms with van der Waals surface area (Å²) in [6, 6.07) is 15.1. The molecule has 0 unspecified atom stereocenters. The Labute approximate surface area is 174 Å². The molecule has 148 valence electrons. The van der Waals surface area contributed by atoms with Crippen LogP contribution in [0.3, 0.4) is 0 Å². The SMILES string of the molecule is Cc1nc(-c2cccc(Cl)c2)n(CC(=O)N2CCCc3ccccc32)c(=O)c1C. The normalized spacial score (nSPS) is 13.3. The molecule has 5 nitrogen and oxygen atoms in total. The van der Waals surface area contributed by atoms with Gasteiger partial charge in [-0.2, -0.15) is 0 Å². The molecule has 0 atom stereocenters. The van der Waals surface area contributed by atoms with Crippen molar-refractivity contribution >= 4 is 23.2 Å². The number of amides is 1. The van der Waals surface area contributed by atoms with Crippen LogP contribution in [0.25, 0.3) is 11.4 Å². The van der Waals surface area contributed by atoms with Crippen molar-refractivity contribution in [3.63, 3.8) is 0 Å². The molecule has 0 bridgehead atoms. The van der Waals surface area contributed by atoms with Crippen LogP contribution >= 0.6 is 11.6 Å². The lowest BCUT2D eigenvalue weighted by Gasteiger charge is -2.30. The summed E-state index contributed by atoms with van der Waals surface area (Å²) in [7, 11) is 0. The van der Waals surface area contributed by atoms with E-state index in [0.29, 0.717) is 34.2 Å². The van der Waals surface area contributed by atoms with Gasteiger partial charge >= 0.3 is 0 Å². The van der Waals surface area contributed by atoms with E-state index in [0.717, 1.165) is 24.1 Å². The van der Waals surface area contributed by atoms with Gasteiger partial charge in [0.15, 0.2) is 0 Å². The second-order valence-electron chi connectivity index (χ2n) is 7.33. The molecule has 0 spiro atoms. The third-order valence-electron chi connectivity index (χ3n) is 5.43. The van der Waals surface area contributed by atoms with Gasteiger partial charge in [-0.3, -0.25) is 14.2 Å². The fourth-order valence-electron chi connectivity index (χ4n) is 3.76. The summed E-state index contributed by atoms with van der Waals surface area (Å²) in [6.07, 6.45) is 1.86. The number of carbonyl (C=O) groups is 1. The van der Waals surface area contributed by atoms with Crippen molar-refractivity contribution in [3.8, 4) is 11.4 Å². The van der Waals surface area contributed by atoms with E-state index in [-0.39, 0.29) is 18.0 Å². The monoisotopic (exact) mass is 407 g/mol. The summed E-state index contributed by atoms with van der Waals surface area (Å²) < 4.78 is 1.47. The second-order valence-corrected chi connectivity index (χ2v) is 7.76. The number of hydrogen-bond acceptors (Lipinski definition) is 3. The van der Waals surface area contributed by atoms with Crippen LogP contribution in [-0.4, -0.2) is 22.0 Å². The van der Waals surface area contributed by atoms with Crippen LogP contribution in [0, 0.1) is 13.8 Å². The summed E-state index contributed by atoms with van der Waals surface area (Å²) in [5, 5.41) is 0.554. The molecule has 3 aromatic rings. The average molecular weight is 408 g/mol. The zero-order chi connectivity index (χ0) is 20.5. The van der Waals surface area contributed by atoms with Gasteiger partial charge in [0, 0.05) is 34.1 Å². The van der Waals surface area contributed by atoms with Crippen molar-refractivity contribution in [1.82, 2.24) is 9.55 Å². The lowest BCUT2D eigenvalue weighted by atomic mass is 10.0. The highest BCUT2D eigenvalue weighted by atomic mass is 35.5. The Bertz CT molecular complexity index is 1150. The first-order valence-corrected chi connectivity index (χ1v) is 10.1. The van der Waals surface area contributed by atoms with E-state index in [4.69, 9.17) is 11.6 Å². The lowest BCUT2D eigenvalue weighted by molar-refractivity contribution is -0.119. The predicted molar refractivity (Wildman–Crippen MR) is 116 cm³/mol. The number of rotatable bonds is 3. The van der Waals surface area contributed by atoms with Crippen LogP contribution < -0.4 is 10.5 Å². The summed E-state index contributed by atoms with van der Waals surface area (Å²) >= 11 is 6.15. The first kappa shape index (κ1) is 19.4. The zero-order valence-corrected chi connectivity index (χ0v) is 17.2. The van der Waals surface area contributed by atoms with Crippen molar-refractivity contribution in [2.45, 2.75) is 33.2 Å². The van der Waals surface area contributed by atoms with E-state index >= 15 is 0 Å². The molecule has 0 aliphatic carbocycles. The molecule has 2 heterocycles. The molecule has 0 saturated carbocycles. The zero-order valence-electron chi connectivity index (χ0n) is 16.5. The number of nitrogens with zero attached hydrogens (tertiary/aromatic N) is 3. The maximum atomic E-state index is 13.2. The maximum absolute atomic E-state index is 13.2. The molecular formula is C23H22ClN3O2. The molecule has 1 aliphatic rings. The van der Waals surface area contributed by atoms with Crippen LogP contribution in [0.1, 0.15) is 23.2 Å². The Morgan fingerprint density at radius 1 is 1.14 bits per heavy atom. The Morgan fingerprint density at radius 3 is 2.72 bits per heavy atom. The largest absolute Gasteiger partial charge is 0.311 e. The van der Waals surface area contributed by atoms with Crippen LogP contribution in [-0.2, 0) is 17.8 Å². The van der Waals surface area contributed by atoms with Crippen molar-refractivity contribution in [2.75, 3.05) is 11.4 Å². The van der Waals surface area contributed by atoms with Crippen molar-refractivity contribution in [2.24, 2.45) is 0 Å². The fourth-order valence-corrected chi connectivity index (χ4v) is 3.95. The van der Waals surface area contributed by atoms with E-state index in [1.807, 2.05) is 30.3 Å². The molecule has 0 saturated heterocycles. The van der Waals surface area contributed by atoms with Gasteiger partial charge in [0.2, 0.25) is 5.91 Å². The third-order valence-corrected chi connectivity index (χ3v) is 5.66. The topological polar surface area (TPSA) is 55.2 Å². The lowest BCUT2D eigenvalue weighted by Crippen LogP contribution is -2.40. The summed E-state index contributed by atoms with van der Waals surface area (Å²) in [4.78, 5) is 32.7. The highest BCUT2D eigenvalue weighted by Gasteiger charge is 2.24. The van der Waals surface area contributed by atoms with Crippen molar-refractivity contribution in [1.29, 1.82) is 0 Å². The number of aryl methyl sites for hydroxylation is 2. The first-order chi connectivity index (χ1) is 14.0. The molecule has 0 N–H and O–H groups in total. The minimum absolute atomic E-state index is 0.0663. The minimum Gasteiger partial charge on any atom is -0.311 e. The number of carbonyl (C=O) groups excluding carboxylic acids is 1. The minimum atomic E-state index is -0.203. The third kappa shape index (κ3) is 3.70. The molecule has 4 rings (SSSR count). The van der Waals surface area contributed by atoms with Crippen LogP contribution in [0.4, 0.5) is 5.69 Å². The van der Waals surface area contributed by atoms with Gasteiger partial charge in [-0.1, -0.05) is 41.9 Å². The molecule has 0 radical (unpaired) electrons. The van der Waals surface area contributed by atoms with Gasteiger partial charge in [0.05, 0.1) is 0 Å². The van der Waals surface area contributed by atoms with Gasteiger partial charge in [-0.15, -0.1) is 0 Å². The van der Waals surface area contributed by atoms with Gasteiger partial charge < -0.3 is 4.90 Å². The number of benzene rings is 2. The Morgan fingerprint density at radius 2 is 1.93 bits per heavy atom. The highest BCUT2D eigenvalue weighted by molar-refractivity contribution is 6.30. The molecule has 2 aromatic carbocycles. The quantitative estimate of drug-likeness (QED) is 0.655. The van der Waals surface area contributed by atoms with E-state index in [9.17, 15) is 9.59 Å². The number of aromatic nitrogens is 2. The molecule has 1 aromatic heterocycles. The molecule has 6 heteroatoms. The number of halogens is 1. The van der Waals surface area contributed by atoms with Gasteiger partial charge in [-0.05, 0) is 50.5 Å². The molecule has 1 amide bonds. The fraction of sp³-hybridized carbons (Fsp3) is 0.261. The molecule has 0 fully saturated rings. The summed E-state index contributed by atoms with van der Waals surface area (Å²) in [5.74, 6) is 0.340. The number of fused-ring (bicyclic) bond motifs is 1. The van der Waals surface area contributed by atoms with E-state index in [1.165, 1.54) is 4.57 Å². The standard InChI is InChI=1S/C23H22ClN3O2/c1-15-16(2)25-22(18-8-5-10-19(24)13-18)27(23(15)29)14-21(28)26-12-6-9-17-7-3-4-11-20(17)26/h3-5,7-8,10-11,13H,6,9,12,14H2,1-2H3. The first-order valence-electron chi connectivity index (χ1n) is 9.68. The average Bonchev–Trinajstić information content (AvgIpc) is 2.73. The molecular weight excluding hydrogens is 386 g/mol. The van der Waals surface area contributed by atoms with E-state index in [1.54, 1.807) is 30.9 Å². The Balaban J connectivity index is 1.77. The summed E-state index contributed by atoms with van der Waals surface area (Å²) in [5.41, 5.74) is 3.79.